The van der Waals surface area contributed by atoms with Crippen molar-refractivity contribution in [1.29, 1.82) is 0 Å². The first kappa shape index (κ1) is 14.0. The lowest BCUT2D eigenvalue weighted by molar-refractivity contribution is 0.0369. The van der Waals surface area contributed by atoms with E-state index in [9.17, 15) is 4.79 Å². The van der Waals surface area contributed by atoms with E-state index in [4.69, 9.17) is 9.84 Å². The van der Waals surface area contributed by atoms with Gasteiger partial charge in [-0.05, 0) is 24.6 Å². The molecule has 0 saturated carbocycles. The number of fused-ring (bicyclic) bond motifs is 1. The highest BCUT2D eigenvalue weighted by Crippen LogP contribution is 2.15. The maximum atomic E-state index is 11.1. The van der Waals surface area contributed by atoms with E-state index in [-0.39, 0.29) is 0 Å². The highest BCUT2D eigenvalue weighted by molar-refractivity contribution is 5.92. The predicted molar refractivity (Wildman–Crippen MR) is 78.6 cm³/mol. The molecule has 6 heteroatoms. The van der Waals surface area contributed by atoms with Crippen LogP contribution in [0.15, 0.2) is 24.5 Å². The fraction of sp³-hybridized carbons (Fsp3) is 0.467. The fourth-order valence-corrected chi connectivity index (χ4v) is 2.66. The molecule has 1 aromatic carbocycles. The monoisotopic (exact) mass is 289 g/mol. The van der Waals surface area contributed by atoms with Crippen molar-refractivity contribution in [1.82, 2.24) is 14.5 Å². The Labute approximate surface area is 122 Å². The molecule has 2 heterocycles. The summed E-state index contributed by atoms with van der Waals surface area (Å²) >= 11 is 0. The first-order valence-electron chi connectivity index (χ1n) is 7.22. The number of carboxylic acid groups (broad SMARTS) is 1. The van der Waals surface area contributed by atoms with Crippen LogP contribution in [0, 0.1) is 0 Å². The van der Waals surface area contributed by atoms with Gasteiger partial charge in [0.1, 0.15) is 0 Å². The molecule has 2 aromatic rings. The van der Waals surface area contributed by atoms with Gasteiger partial charge < -0.3 is 14.4 Å². The number of imidazole rings is 1. The van der Waals surface area contributed by atoms with Gasteiger partial charge in [-0.15, -0.1) is 0 Å². The van der Waals surface area contributed by atoms with E-state index in [1.165, 1.54) is 0 Å². The number of hydrogen-bond donors (Lipinski definition) is 1. The van der Waals surface area contributed by atoms with Gasteiger partial charge in [-0.3, -0.25) is 4.90 Å². The Morgan fingerprint density at radius 1 is 1.29 bits per heavy atom. The minimum absolute atomic E-state index is 0.303. The van der Waals surface area contributed by atoms with E-state index in [0.717, 1.165) is 56.8 Å². The molecule has 1 fully saturated rings. The van der Waals surface area contributed by atoms with E-state index < -0.39 is 5.97 Å². The van der Waals surface area contributed by atoms with Crippen molar-refractivity contribution >= 4 is 17.0 Å². The molecule has 21 heavy (non-hydrogen) atoms. The second-order valence-electron chi connectivity index (χ2n) is 5.25. The first-order valence-corrected chi connectivity index (χ1v) is 7.22. The summed E-state index contributed by atoms with van der Waals surface area (Å²) in [7, 11) is 0. The van der Waals surface area contributed by atoms with Crippen LogP contribution in [0.25, 0.3) is 11.0 Å². The normalized spacial score (nSPS) is 16.4. The smallest absolute Gasteiger partial charge is 0.335 e. The van der Waals surface area contributed by atoms with Crippen LogP contribution in [0.3, 0.4) is 0 Å². The number of carboxylic acids is 1. The van der Waals surface area contributed by atoms with Crippen molar-refractivity contribution in [2.24, 2.45) is 0 Å². The van der Waals surface area contributed by atoms with Crippen LogP contribution in [0.2, 0.25) is 0 Å². The third-order valence-corrected chi connectivity index (χ3v) is 3.85. The SMILES string of the molecule is O=C(O)c1ccc2ncn(CCCN3CCOCC3)c2c1. The van der Waals surface area contributed by atoms with Gasteiger partial charge in [0.05, 0.1) is 36.1 Å². The Balaban J connectivity index is 1.65. The van der Waals surface area contributed by atoms with Gasteiger partial charge >= 0.3 is 5.97 Å². The molecule has 1 saturated heterocycles. The molecule has 0 unspecified atom stereocenters. The third-order valence-electron chi connectivity index (χ3n) is 3.85. The van der Waals surface area contributed by atoms with Crippen LogP contribution in [0.4, 0.5) is 0 Å². The minimum Gasteiger partial charge on any atom is -0.478 e. The molecule has 112 valence electrons. The van der Waals surface area contributed by atoms with Crippen molar-refractivity contribution in [3.8, 4) is 0 Å². The average Bonchev–Trinajstić information content (AvgIpc) is 2.91. The van der Waals surface area contributed by atoms with Gasteiger partial charge in [-0.25, -0.2) is 9.78 Å². The average molecular weight is 289 g/mol. The van der Waals surface area contributed by atoms with Crippen molar-refractivity contribution in [3.05, 3.63) is 30.1 Å². The number of benzene rings is 1. The van der Waals surface area contributed by atoms with Crippen LogP contribution < -0.4 is 0 Å². The lowest BCUT2D eigenvalue weighted by Gasteiger charge is -2.26. The zero-order valence-corrected chi connectivity index (χ0v) is 11.9. The number of nitrogens with zero attached hydrogens (tertiary/aromatic N) is 3. The number of ether oxygens (including phenoxy) is 1. The summed E-state index contributed by atoms with van der Waals surface area (Å²) in [5.41, 5.74) is 2.03. The Morgan fingerprint density at radius 2 is 2.10 bits per heavy atom. The molecule has 1 N–H and O–H groups in total. The topological polar surface area (TPSA) is 67.6 Å². The van der Waals surface area contributed by atoms with E-state index in [2.05, 4.69) is 9.88 Å². The summed E-state index contributed by atoms with van der Waals surface area (Å²) < 4.78 is 7.36. The molecule has 6 nitrogen and oxygen atoms in total. The standard InChI is InChI=1S/C15H19N3O3/c19-15(20)12-2-3-13-14(10-12)18(11-16-13)5-1-4-17-6-8-21-9-7-17/h2-3,10-11H,1,4-9H2,(H,19,20). The fourth-order valence-electron chi connectivity index (χ4n) is 2.66. The quantitative estimate of drug-likeness (QED) is 0.902. The molecule has 0 spiro atoms. The van der Waals surface area contributed by atoms with Crippen molar-refractivity contribution in [2.45, 2.75) is 13.0 Å². The number of rotatable bonds is 5. The number of hydrogen-bond acceptors (Lipinski definition) is 4. The predicted octanol–water partition coefficient (Wildman–Crippen LogP) is 1.46. The van der Waals surface area contributed by atoms with Crippen molar-refractivity contribution < 1.29 is 14.6 Å². The molecule has 0 amide bonds. The summed E-state index contributed by atoms with van der Waals surface area (Å²) in [6.45, 7) is 5.49. The van der Waals surface area contributed by atoms with Gasteiger partial charge in [0.2, 0.25) is 0 Å². The Bertz CT molecular complexity index is 632. The molecule has 1 aliphatic heterocycles. The zero-order valence-electron chi connectivity index (χ0n) is 11.9. The summed E-state index contributed by atoms with van der Waals surface area (Å²) in [6, 6.07) is 5.05. The Hall–Kier alpha value is -1.92. The van der Waals surface area contributed by atoms with Crippen LogP contribution in [-0.2, 0) is 11.3 Å². The van der Waals surface area contributed by atoms with E-state index in [1.54, 1.807) is 24.5 Å². The number of carbonyl (C=O) groups is 1. The number of aromatic nitrogens is 2. The van der Waals surface area contributed by atoms with Crippen LogP contribution in [0.5, 0.6) is 0 Å². The third kappa shape index (κ3) is 3.22. The summed E-state index contributed by atoms with van der Waals surface area (Å²) in [5.74, 6) is -0.905. The highest BCUT2D eigenvalue weighted by Gasteiger charge is 2.11. The maximum Gasteiger partial charge on any atom is 0.335 e. The summed E-state index contributed by atoms with van der Waals surface area (Å²) in [6.07, 6.45) is 2.80. The van der Waals surface area contributed by atoms with Crippen LogP contribution in [0.1, 0.15) is 16.8 Å². The maximum absolute atomic E-state index is 11.1. The van der Waals surface area contributed by atoms with E-state index in [1.807, 2.05) is 4.57 Å². The second-order valence-corrected chi connectivity index (χ2v) is 5.25. The molecule has 0 aliphatic carbocycles. The molecular weight excluding hydrogens is 270 g/mol. The van der Waals surface area contributed by atoms with Crippen LogP contribution in [-0.4, -0.2) is 58.4 Å². The molecule has 3 rings (SSSR count). The Morgan fingerprint density at radius 3 is 2.86 bits per heavy atom. The molecule has 1 aliphatic rings. The lowest BCUT2D eigenvalue weighted by Crippen LogP contribution is -2.37. The van der Waals surface area contributed by atoms with Gasteiger partial charge in [-0.1, -0.05) is 0 Å². The number of aryl methyl sites for hydroxylation is 1. The number of aromatic carboxylic acids is 1. The zero-order chi connectivity index (χ0) is 14.7. The lowest BCUT2D eigenvalue weighted by atomic mass is 10.2. The van der Waals surface area contributed by atoms with E-state index in [0.29, 0.717) is 5.56 Å². The summed E-state index contributed by atoms with van der Waals surface area (Å²) in [5, 5.41) is 9.07. The molecule has 0 radical (unpaired) electrons. The second kappa shape index (κ2) is 6.24. The minimum atomic E-state index is -0.905. The van der Waals surface area contributed by atoms with Gasteiger partial charge in [0.25, 0.3) is 0 Å². The van der Waals surface area contributed by atoms with Crippen molar-refractivity contribution in [3.63, 3.8) is 0 Å². The van der Waals surface area contributed by atoms with E-state index >= 15 is 0 Å². The van der Waals surface area contributed by atoms with Crippen LogP contribution >= 0.6 is 0 Å². The largest absolute Gasteiger partial charge is 0.478 e. The van der Waals surface area contributed by atoms with Gasteiger partial charge in [0.15, 0.2) is 0 Å². The molecule has 0 atom stereocenters. The highest BCUT2D eigenvalue weighted by atomic mass is 16.5. The molecular formula is C15H19N3O3. The molecule has 1 aromatic heterocycles. The first-order chi connectivity index (χ1) is 10.2. The van der Waals surface area contributed by atoms with Crippen molar-refractivity contribution in [2.75, 3.05) is 32.8 Å². The van der Waals surface area contributed by atoms with Gasteiger partial charge in [-0.2, -0.15) is 0 Å². The molecule has 0 bridgehead atoms. The Kier molecular flexibility index (Phi) is 4.17. The summed E-state index contributed by atoms with van der Waals surface area (Å²) in [4.78, 5) is 17.8. The number of morpholine rings is 1. The van der Waals surface area contributed by atoms with Gasteiger partial charge in [0, 0.05) is 26.2 Å².